The molecule has 3 rings (SSSR count). The van der Waals surface area contributed by atoms with Crippen LogP contribution in [0.1, 0.15) is 23.4 Å². The SMILES string of the molecule is Cc1n[nH]c(C)c1S(=O)(=O)N1CCN(CCCc2cccc(F)c2)CC1. The Balaban J connectivity index is 1.51. The normalized spacial score (nSPS) is 16.9. The average Bonchev–Trinajstić information content (AvgIpc) is 2.95. The van der Waals surface area contributed by atoms with Gasteiger partial charge in [0.05, 0.1) is 11.4 Å². The lowest BCUT2D eigenvalue weighted by molar-refractivity contribution is 0.186. The maximum atomic E-state index is 13.2. The number of rotatable bonds is 6. The monoisotopic (exact) mass is 380 g/mol. The van der Waals surface area contributed by atoms with Crippen LogP contribution in [0.2, 0.25) is 0 Å². The molecule has 2 aromatic rings. The van der Waals surface area contributed by atoms with Gasteiger partial charge in [0, 0.05) is 26.2 Å². The second-order valence-electron chi connectivity index (χ2n) is 6.74. The Bertz CT molecular complexity index is 838. The molecular formula is C18H25FN4O2S. The van der Waals surface area contributed by atoms with E-state index in [2.05, 4.69) is 15.1 Å². The van der Waals surface area contributed by atoms with Crippen molar-refractivity contribution in [3.63, 3.8) is 0 Å². The molecule has 1 aliphatic rings. The van der Waals surface area contributed by atoms with Gasteiger partial charge in [-0.2, -0.15) is 9.40 Å². The molecule has 1 aromatic heterocycles. The van der Waals surface area contributed by atoms with E-state index in [-0.39, 0.29) is 5.82 Å². The van der Waals surface area contributed by atoms with Crippen molar-refractivity contribution < 1.29 is 12.8 Å². The molecule has 6 nitrogen and oxygen atoms in total. The zero-order valence-corrected chi connectivity index (χ0v) is 16.0. The lowest BCUT2D eigenvalue weighted by atomic mass is 10.1. The van der Waals surface area contributed by atoms with Crippen molar-refractivity contribution in [3.8, 4) is 0 Å². The summed E-state index contributed by atoms with van der Waals surface area (Å²) >= 11 is 0. The van der Waals surface area contributed by atoms with E-state index in [9.17, 15) is 12.8 Å². The van der Waals surface area contributed by atoms with Crippen LogP contribution in [-0.4, -0.2) is 60.5 Å². The van der Waals surface area contributed by atoms with Crippen molar-refractivity contribution >= 4 is 10.0 Å². The number of halogens is 1. The lowest BCUT2D eigenvalue weighted by Crippen LogP contribution is -2.48. The van der Waals surface area contributed by atoms with Gasteiger partial charge in [-0.15, -0.1) is 0 Å². The number of benzene rings is 1. The highest BCUT2D eigenvalue weighted by Gasteiger charge is 2.31. The van der Waals surface area contributed by atoms with Gasteiger partial charge in [-0.05, 0) is 50.9 Å². The average molecular weight is 380 g/mol. The number of hydrogen-bond donors (Lipinski definition) is 1. The number of aromatic amines is 1. The molecule has 1 aromatic carbocycles. The van der Waals surface area contributed by atoms with E-state index in [1.54, 1.807) is 30.3 Å². The van der Waals surface area contributed by atoms with Crippen molar-refractivity contribution in [1.82, 2.24) is 19.4 Å². The molecule has 0 amide bonds. The second kappa shape index (κ2) is 7.85. The summed E-state index contributed by atoms with van der Waals surface area (Å²) in [7, 11) is -3.50. The van der Waals surface area contributed by atoms with Crippen LogP contribution >= 0.6 is 0 Å². The summed E-state index contributed by atoms with van der Waals surface area (Å²) < 4.78 is 40.4. The molecule has 0 atom stereocenters. The minimum absolute atomic E-state index is 0.203. The Morgan fingerprint density at radius 2 is 1.92 bits per heavy atom. The Hall–Kier alpha value is -1.77. The van der Waals surface area contributed by atoms with Gasteiger partial charge < -0.3 is 4.90 Å². The molecule has 0 unspecified atom stereocenters. The summed E-state index contributed by atoms with van der Waals surface area (Å²) in [5.74, 6) is -0.203. The molecule has 142 valence electrons. The van der Waals surface area contributed by atoms with Crippen molar-refractivity contribution in [2.75, 3.05) is 32.7 Å². The fourth-order valence-corrected chi connectivity index (χ4v) is 5.20. The number of nitrogens with zero attached hydrogens (tertiary/aromatic N) is 3. The minimum atomic E-state index is -3.50. The van der Waals surface area contributed by atoms with E-state index in [1.807, 2.05) is 6.07 Å². The topological polar surface area (TPSA) is 69.3 Å². The quantitative estimate of drug-likeness (QED) is 0.833. The van der Waals surface area contributed by atoms with Crippen LogP contribution in [0.15, 0.2) is 29.2 Å². The van der Waals surface area contributed by atoms with Crippen molar-refractivity contribution in [2.45, 2.75) is 31.6 Å². The molecule has 0 spiro atoms. The van der Waals surface area contributed by atoms with Crippen LogP contribution in [0, 0.1) is 19.7 Å². The molecule has 1 fully saturated rings. The molecule has 0 radical (unpaired) electrons. The summed E-state index contributed by atoms with van der Waals surface area (Å²) in [6, 6.07) is 6.68. The number of nitrogens with one attached hydrogen (secondary N) is 1. The van der Waals surface area contributed by atoms with Crippen LogP contribution in [0.25, 0.3) is 0 Å². The first-order valence-electron chi connectivity index (χ1n) is 8.86. The predicted octanol–water partition coefficient (Wildman–Crippen LogP) is 2.10. The molecule has 1 aliphatic heterocycles. The number of sulfonamides is 1. The van der Waals surface area contributed by atoms with Crippen LogP contribution in [-0.2, 0) is 16.4 Å². The maximum Gasteiger partial charge on any atom is 0.246 e. The predicted molar refractivity (Wildman–Crippen MR) is 98.0 cm³/mol. The molecule has 1 saturated heterocycles. The first kappa shape index (κ1) is 19.0. The van der Waals surface area contributed by atoms with E-state index in [1.165, 1.54) is 6.07 Å². The Labute approximate surface area is 154 Å². The third-order valence-corrected chi connectivity index (χ3v) is 6.98. The molecule has 0 bridgehead atoms. The number of aromatic nitrogens is 2. The summed E-state index contributed by atoms with van der Waals surface area (Å²) in [4.78, 5) is 2.57. The standard InChI is InChI=1S/C18H25FN4O2S/c1-14-18(15(2)21-20-14)26(24,25)23-11-9-22(10-12-23)8-4-6-16-5-3-7-17(19)13-16/h3,5,7,13H,4,6,8-12H2,1-2H3,(H,20,21). The summed E-state index contributed by atoms with van der Waals surface area (Å²) in [6.45, 7) is 6.69. The fraction of sp³-hybridized carbons (Fsp3) is 0.500. The highest BCUT2D eigenvalue weighted by molar-refractivity contribution is 7.89. The summed E-state index contributed by atoms with van der Waals surface area (Å²) in [5, 5.41) is 6.75. The second-order valence-corrected chi connectivity index (χ2v) is 8.62. The van der Waals surface area contributed by atoms with Crippen LogP contribution in [0.4, 0.5) is 4.39 Å². The molecule has 2 heterocycles. The first-order valence-corrected chi connectivity index (χ1v) is 10.3. The summed E-state index contributed by atoms with van der Waals surface area (Å²) in [5.41, 5.74) is 2.09. The van der Waals surface area contributed by atoms with E-state index >= 15 is 0 Å². The van der Waals surface area contributed by atoms with Gasteiger partial charge in [0.15, 0.2) is 0 Å². The highest BCUT2D eigenvalue weighted by Crippen LogP contribution is 2.22. The van der Waals surface area contributed by atoms with Gasteiger partial charge in [-0.25, -0.2) is 12.8 Å². The van der Waals surface area contributed by atoms with E-state index in [0.29, 0.717) is 42.5 Å². The van der Waals surface area contributed by atoms with Crippen LogP contribution < -0.4 is 0 Å². The Morgan fingerprint density at radius 3 is 2.54 bits per heavy atom. The van der Waals surface area contributed by atoms with Crippen LogP contribution in [0.5, 0.6) is 0 Å². The number of piperazine rings is 1. The summed E-state index contributed by atoms with van der Waals surface area (Å²) in [6.07, 6.45) is 1.75. The van der Waals surface area contributed by atoms with Crippen molar-refractivity contribution in [3.05, 3.63) is 47.0 Å². The van der Waals surface area contributed by atoms with Crippen LogP contribution in [0.3, 0.4) is 0 Å². The van der Waals surface area contributed by atoms with E-state index in [0.717, 1.165) is 24.9 Å². The molecule has 26 heavy (non-hydrogen) atoms. The zero-order chi connectivity index (χ0) is 18.7. The maximum absolute atomic E-state index is 13.2. The van der Waals surface area contributed by atoms with Gasteiger partial charge in [-0.1, -0.05) is 12.1 Å². The Morgan fingerprint density at radius 1 is 1.19 bits per heavy atom. The zero-order valence-electron chi connectivity index (χ0n) is 15.2. The molecule has 8 heteroatoms. The third-order valence-electron chi connectivity index (χ3n) is 4.82. The highest BCUT2D eigenvalue weighted by atomic mass is 32.2. The van der Waals surface area contributed by atoms with Gasteiger partial charge in [0.25, 0.3) is 0 Å². The van der Waals surface area contributed by atoms with Gasteiger partial charge in [0.2, 0.25) is 10.0 Å². The molecule has 1 N–H and O–H groups in total. The largest absolute Gasteiger partial charge is 0.301 e. The van der Waals surface area contributed by atoms with Crippen molar-refractivity contribution in [2.24, 2.45) is 0 Å². The third kappa shape index (κ3) is 4.13. The van der Waals surface area contributed by atoms with E-state index < -0.39 is 10.0 Å². The first-order chi connectivity index (χ1) is 12.4. The smallest absolute Gasteiger partial charge is 0.246 e. The number of hydrogen-bond acceptors (Lipinski definition) is 4. The number of H-pyrrole nitrogens is 1. The number of aryl methyl sites for hydroxylation is 3. The van der Waals surface area contributed by atoms with Gasteiger partial charge in [0.1, 0.15) is 10.7 Å². The minimum Gasteiger partial charge on any atom is -0.301 e. The molecule has 0 saturated carbocycles. The molecular weight excluding hydrogens is 355 g/mol. The Kier molecular flexibility index (Phi) is 5.74. The van der Waals surface area contributed by atoms with Crippen molar-refractivity contribution in [1.29, 1.82) is 0 Å². The van der Waals surface area contributed by atoms with Gasteiger partial charge in [-0.3, -0.25) is 5.10 Å². The molecule has 0 aliphatic carbocycles. The van der Waals surface area contributed by atoms with E-state index in [4.69, 9.17) is 0 Å². The fourth-order valence-electron chi connectivity index (χ4n) is 3.44. The lowest BCUT2D eigenvalue weighted by Gasteiger charge is -2.34. The van der Waals surface area contributed by atoms with Gasteiger partial charge >= 0.3 is 0 Å².